The number of benzene rings is 1. The molecule has 0 fully saturated rings. The zero-order chi connectivity index (χ0) is 50.8. The molecule has 0 heterocycles. The van der Waals surface area contributed by atoms with E-state index in [1.807, 2.05) is 6.92 Å². The molecule has 1 aromatic rings. The summed E-state index contributed by atoms with van der Waals surface area (Å²) in [4.78, 5) is 152. The number of ketones is 1. The van der Waals surface area contributed by atoms with Gasteiger partial charge in [0.1, 0.15) is 30.2 Å². The molecule has 0 aliphatic heterocycles. The van der Waals surface area contributed by atoms with Crippen molar-refractivity contribution in [1.82, 2.24) is 37.2 Å². The molecule has 8 amide bonds. The van der Waals surface area contributed by atoms with Crippen molar-refractivity contribution in [1.29, 1.82) is 0 Å². The lowest BCUT2D eigenvalue weighted by Crippen LogP contribution is -2.60. The number of amides is 8. The first-order chi connectivity index (χ1) is 31.4. The molecule has 0 radical (unpaired) electrons. The largest absolute Gasteiger partial charge is 0.481 e. The van der Waals surface area contributed by atoms with Gasteiger partial charge in [0, 0.05) is 32.7 Å². The lowest BCUT2D eigenvalue weighted by atomic mass is 9.98. The fourth-order valence-corrected chi connectivity index (χ4v) is 6.60. The summed E-state index contributed by atoms with van der Waals surface area (Å²) in [5.41, 5.74) is 6.47. The maximum Gasteiger partial charge on any atom is 0.305 e. The Hall–Kier alpha value is -6.94. The van der Waals surface area contributed by atoms with Crippen LogP contribution in [0.3, 0.4) is 0 Å². The summed E-state index contributed by atoms with van der Waals surface area (Å²) in [6.07, 6.45) is -1.99. The first kappa shape index (κ1) is 58.1. The van der Waals surface area contributed by atoms with E-state index in [9.17, 15) is 67.7 Å². The third kappa shape index (κ3) is 23.7. The van der Waals surface area contributed by atoms with E-state index in [-0.39, 0.29) is 50.5 Å². The van der Waals surface area contributed by atoms with Crippen LogP contribution in [-0.4, -0.2) is 129 Å². The van der Waals surface area contributed by atoms with Gasteiger partial charge in [-0.25, -0.2) is 0 Å². The zero-order valence-electron chi connectivity index (χ0n) is 38.6. The van der Waals surface area contributed by atoms with Gasteiger partial charge in [-0.2, -0.15) is 0 Å². The van der Waals surface area contributed by atoms with Crippen LogP contribution in [0, 0.1) is 12.8 Å². The van der Waals surface area contributed by atoms with Gasteiger partial charge < -0.3 is 58.3 Å². The van der Waals surface area contributed by atoms with Crippen LogP contribution >= 0.6 is 0 Å². The topological polar surface area (TPSA) is 376 Å². The van der Waals surface area contributed by atoms with Gasteiger partial charge in [-0.1, -0.05) is 57.9 Å². The van der Waals surface area contributed by atoms with Crippen LogP contribution in [0.2, 0.25) is 0 Å². The van der Waals surface area contributed by atoms with Gasteiger partial charge in [-0.15, -0.1) is 0 Å². The van der Waals surface area contributed by atoms with E-state index >= 15 is 0 Å². The number of Topliss-reactive ketones (excluding diaryl/α,β-unsaturated/α-hetero) is 1. The summed E-state index contributed by atoms with van der Waals surface area (Å²) >= 11 is 0. The highest BCUT2D eigenvalue weighted by Crippen LogP contribution is 2.14. The highest BCUT2D eigenvalue weighted by molar-refractivity contribution is 6.37. The molecule has 12 N–H and O–H groups in total. The summed E-state index contributed by atoms with van der Waals surface area (Å²) in [6.45, 7) is 8.64. The molecule has 23 nitrogen and oxygen atoms in total. The third-order valence-electron chi connectivity index (χ3n) is 10.2. The van der Waals surface area contributed by atoms with Gasteiger partial charge in [0.05, 0.1) is 18.9 Å². The third-order valence-corrected chi connectivity index (χ3v) is 10.2. The van der Waals surface area contributed by atoms with Gasteiger partial charge in [0.25, 0.3) is 5.91 Å². The first-order valence-electron chi connectivity index (χ1n) is 22.0. The van der Waals surface area contributed by atoms with Crippen LogP contribution in [0.15, 0.2) is 24.3 Å². The number of carbonyl (C=O) groups excluding carboxylic acids is 9. The summed E-state index contributed by atoms with van der Waals surface area (Å²) in [6, 6.07) is -2.27. The predicted octanol–water partition coefficient (Wildman–Crippen LogP) is -0.752. The van der Waals surface area contributed by atoms with E-state index in [4.69, 9.17) is 10.8 Å². The fraction of sp³-hybridized carbons (Fsp3) is 0.591. The van der Waals surface area contributed by atoms with E-state index in [1.165, 1.54) is 6.92 Å². The highest BCUT2D eigenvalue weighted by Gasteiger charge is 2.35. The molecule has 0 aromatic heterocycles. The Bertz CT molecular complexity index is 1940. The Labute approximate surface area is 388 Å². The number of aryl methyl sites for hydroxylation is 1. The monoisotopic (exact) mass is 946 g/mol. The molecule has 0 spiro atoms. The Morgan fingerprint density at radius 1 is 0.582 bits per heavy atom. The Morgan fingerprint density at radius 2 is 1.09 bits per heavy atom. The van der Waals surface area contributed by atoms with E-state index in [1.54, 1.807) is 45.0 Å². The fourth-order valence-electron chi connectivity index (χ4n) is 6.60. The second-order valence-corrected chi connectivity index (χ2v) is 16.5. The Balaban J connectivity index is 3.66. The summed E-state index contributed by atoms with van der Waals surface area (Å²) in [5.74, 6) is -13.0. The van der Waals surface area contributed by atoms with Crippen molar-refractivity contribution in [2.45, 2.75) is 154 Å². The molecule has 1 aromatic carbocycles. The van der Waals surface area contributed by atoms with Gasteiger partial charge in [0.15, 0.2) is 0 Å². The number of carboxylic acid groups (broad SMARTS) is 3. The van der Waals surface area contributed by atoms with Gasteiger partial charge >= 0.3 is 17.9 Å². The number of nitrogens with two attached hydrogens (primary N) is 1. The highest BCUT2D eigenvalue weighted by atomic mass is 16.4. The molecule has 0 unspecified atom stereocenters. The number of hydrogen-bond acceptors (Lipinski definition) is 12. The Morgan fingerprint density at radius 3 is 1.63 bits per heavy atom. The molecular weight excluding hydrogens is 881 g/mol. The number of carboxylic acids is 3. The van der Waals surface area contributed by atoms with Crippen molar-refractivity contribution in [3.05, 3.63) is 35.4 Å². The number of unbranched alkanes of at least 4 members (excludes halogenated alkanes) is 2. The maximum atomic E-state index is 14.4. The lowest BCUT2D eigenvalue weighted by Gasteiger charge is -2.28. The first-order valence-corrected chi connectivity index (χ1v) is 22.0. The van der Waals surface area contributed by atoms with Gasteiger partial charge in [-0.3, -0.25) is 57.5 Å². The number of hydrogen-bond donors (Lipinski definition) is 11. The SMILES string of the molecule is CCCC[C@H](NC(=O)[C@H](CC(C)C)NC(=O)[C@H](CCCCNC(C)=O)NC(=O)[C@H](Cc1ccccc1C)NC(=O)[C@H](CCC(=O)O)NC(=O)[C@H](CC(=O)O)NC(=O)CCC(=O)O)C(=O)C(N)=O. The van der Waals surface area contributed by atoms with Crippen LogP contribution < -0.4 is 43.0 Å². The second-order valence-electron chi connectivity index (χ2n) is 16.5. The molecule has 0 aliphatic carbocycles. The number of primary amides is 1. The normalized spacial score (nSPS) is 13.5. The molecule has 0 bridgehead atoms. The Kier molecular flexibility index (Phi) is 26.3. The molecule has 372 valence electrons. The summed E-state index contributed by atoms with van der Waals surface area (Å²) < 4.78 is 0. The number of aliphatic carboxylic acids is 3. The predicted molar refractivity (Wildman–Crippen MR) is 238 cm³/mol. The molecule has 0 saturated carbocycles. The van der Waals surface area contributed by atoms with E-state index in [0.29, 0.717) is 30.4 Å². The van der Waals surface area contributed by atoms with Crippen molar-refractivity contribution in [3.8, 4) is 0 Å². The van der Waals surface area contributed by atoms with Crippen molar-refractivity contribution < 1.29 is 72.9 Å². The van der Waals surface area contributed by atoms with Crippen molar-refractivity contribution in [3.63, 3.8) is 0 Å². The number of nitrogens with one attached hydrogen (secondary N) is 7. The average Bonchev–Trinajstić information content (AvgIpc) is 3.24. The van der Waals surface area contributed by atoms with Crippen LogP contribution in [-0.2, 0) is 64.0 Å². The molecule has 0 aliphatic rings. The quantitative estimate of drug-likeness (QED) is 0.0305. The molecule has 23 heteroatoms. The minimum Gasteiger partial charge on any atom is -0.481 e. The number of rotatable bonds is 33. The van der Waals surface area contributed by atoms with E-state index in [0.717, 1.165) is 0 Å². The smallest absolute Gasteiger partial charge is 0.305 e. The van der Waals surface area contributed by atoms with E-state index < -0.39 is 133 Å². The summed E-state index contributed by atoms with van der Waals surface area (Å²) in [5, 5.41) is 45.1. The molecule has 1 rings (SSSR count). The lowest BCUT2D eigenvalue weighted by molar-refractivity contribution is -0.142. The zero-order valence-corrected chi connectivity index (χ0v) is 38.6. The van der Waals surface area contributed by atoms with Crippen molar-refractivity contribution in [2.75, 3.05) is 6.54 Å². The van der Waals surface area contributed by atoms with E-state index in [2.05, 4.69) is 37.2 Å². The average molecular weight is 947 g/mol. The van der Waals surface area contributed by atoms with Gasteiger partial charge in [-0.05, 0) is 62.5 Å². The van der Waals surface area contributed by atoms with Gasteiger partial charge in [0.2, 0.25) is 47.1 Å². The van der Waals surface area contributed by atoms with Crippen LogP contribution in [0.25, 0.3) is 0 Å². The number of carbonyl (C=O) groups is 12. The summed E-state index contributed by atoms with van der Waals surface area (Å²) in [7, 11) is 0. The molecule has 67 heavy (non-hydrogen) atoms. The van der Waals surface area contributed by atoms with Crippen LogP contribution in [0.4, 0.5) is 0 Å². The van der Waals surface area contributed by atoms with Crippen molar-refractivity contribution in [2.24, 2.45) is 11.7 Å². The van der Waals surface area contributed by atoms with Crippen LogP contribution in [0.1, 0.15) is 116 Å². The molecule has 0 saturated heterocycles. The standard InChI is InChI=1S/C44H66N8O15/c1-6-7-14-28(38(61)39(45)62)48-42(65)31(21-24(2)3)51-40(63)29(15-10-11-20-46-26(5)53)49-43(66)32(22-27-13-9-8-12-25(27)4)52-41(64)30(16-18-35(55)56)50-44(67)33(23-37(59)60)47-34(54)17-19-36(57)58/h8-9,12-13,24,28-33H,6-7,10-11,14-23H2,1-5H3,(H2,45,62)(H,46,53)(H,47,54)(H,48,65)(H,49,66)(H,50,67)(H,51,63)(H,52,64)(H,55,56)(H,57,58)(H,59,60)/t28-,29-,30-,31-,32-,33-/m0/s1. The minimum atomic E-state index is -1.83. The molecular formula is C44H66N8O15. The maximum absolute atomic E-state index is 14.4. The van der Waals surface area contributed by atoms with Crippen LogP contribution in [0.5, 0.6) is 0 Å². The minimum absolute atomic E-state index is 0.0563. The molecule has 6 atom stereocenters. The second kappa shape index (κ2) is 30.3. The van der Waals surface area contributed by atoms with Crippen molar-refractivity contribution >= 4 is 70.9 Å².